The van der Waals surface area contributed by atoms with Crippen LogP contribution in [0.25, 0.3) is 0 Å². The van der Waals surface area contributed by atoms with E-state index in [1.807, 2.05) is 33.2 Å². The van der Waals surface area contributed by atoms with Gasteiger partial charge in [0.25, 0.3) is 5.91 Å². The van der Waals surface area contributed by atoms with Gasteiger partial charge in [-0.1, -0.05) is 25.1 Å². The van der Waals surface area contributed by atoms with E-state index in [0.717, 1.165) is 18.7 Å². The lowest BCUT2D eigenvalue weighted by Gasteiger charge is -2.28. The molecule has 1 saturated heterocycles. The third-order valence-electron chi connectivity index (χ3n) is 4.97. The maximum absolute atomic E-state index is 12.7. The van der Waals surface area contributed by atoms with Crippen LogP contribution in [0.2, 0.25) is 0 Å². The molecule has 1 amide bonds. The molecule has 0 spiro atoms. The minimum atomic E-state index is -0.0878. The smallest absolute Gasteiger partial charge is 0.275 e. The topological polar surface area (TPSA) is 62.5 Å². The van der Waals surface area contributed by atoms with Gasteiger partial charge < -0.3 is 9.42 Å². The molecule has 3 rings (SSSR count). The summed E-state index contributed by atoms with van der Waals surface area (Å²) in [6.07, 6.45) is 4.78. The van der Waals surface area contributed by atoms with Gasteiger partial charge in [0, 0.05) is 44.0 Å². The second-order valence-electron chi connectivity index (χ2n) is 7.22. The van der Waals surface area contributed by atoms with Gasteiger partial charge in [-0.25, -0.2) is 0 Å². The molecule has 2 aromatic rings. The van der Waals surface area contributed by atoms with E-state index < -0.39 is 0 Å². The first kappa shape index (κ1) is 17.6. The lowest BCUT2D eigenvalue weighted by molar-refractivity contribution is 0.0750. The summed E-state index contributed by atoms with van der Waals surface area (Å²) < 4.78 is 5.26. The van der Waals surface area contributed by atoms with E-state index in [0.29, 0.717) is 18.2 Å². The molecule has 0 aromatic carbocycles. The summed E-state index contributed by atoms with van der Waals surface area (Å²) in [6.45, 7) is 5.75. The Balaban J connectivity index is 1.70. The maximum Gasteiger partial charge on any atom is 0.275 e. The van der Waals surface area contributed by atoms with Crippen molar-refractivity contribution in [1.29, 1.82) is 0 Å². The Morgan fingerprint density at radius 1 is 1.48 bits per heavy atom. The van der Waals surface area contributed by atoms with Crippen LogP contribution < -0.4 is 0 Å². The number of pyridine rings is 1. The van der Waals surface area contributed by atoms with Gasteiger partial charge in [0.05, 0.1) is 0 Å². The molecule has 0 bridgehead atoms. The summed E-state index contributed by atoms with van der Waals surface area (Å²) in [7, 11) is 3.97. The molecule has 25 heavy (non-hydrogen) atoms. The zero-order chi connectivity index (χ0) is 18.0. The molecule has 1 aliphatic rings. The number of likely N-dealkylation sites (tertiary alicyclic amines) is 1. The van der Waals surface area contributed by atoms with E-state index in [-0.39, 0.29) is 17.9 Å². The molecular formula is C19H26N4O2. The van der Waals surface area contributed by atoms with Crippen LogP contribution >= 0.6 is 0 Å². The van der Waals surface area contributed by atoms with E-state index in [1.165, 1.54) is 5.56 Å². The number of nitrogens with zero attached hydrogens (tertiary/aromatic N) is 4. The molecule has 6 heteroatoms. The molecule has 0 N–H and O–H groups in total. The number of hydrogen-bond acceptors (Lipinski definition) is 5. The third kappa shape index (κ3) is 3.74. The van der Waals surface area contributed by atoms with Crippen LogP contribution in [0.15, 0.2) is 35.1 Å². The highest BCUT2D eigenvalue weighted by Crippen LogP contribution is 2.36. The summed E-state index contributed by atoms with van der Waals surface area (Å²) >= 11 is 0. The lowest BCUT2D eigenvalue weighted by atomic mass is 9.94. The normalized spacial score (nSPS) is 21.0. The summed E-state index contributed by atoms with van der Waals surface area (Å²) in [4.78, 5) is 21.0. The van der Waals surface area contributed by atoms with Crippen molar-refractivity contribution in [3.05, 3.63) is 47.6 Å². The molecule has 0 unspecified atom stereocenters. The average Bonchev–Trinajstić information content (AvgIpc) is 3.22. The summed E-state index contributed by atoms with van der Waals surface area (Å²) in [6, 6.07) is 6.12. The first-order valence-corrected chi connectivity index (χ1v) is 8.79. The lowest BCUT2D eigenvalue weighted by Crippen LogP contribution is -2.34. The number of amides is 1. The van der Waals surface area contributed by atoms with Gasteiger partial charge in [0.2, 0.25) is 0 Å². The van der Waals surface area contributed by atoms with Crippen molar-refractivity contribution in [2.45, 2.75) is 32.2 Å². The number of aromatic nitrogens is 2. The number of hydrogen-bond donors (Lipinski definition) is 0. The molecule has 1 aliphatic heterocycles. The van der Waals surface area contributed by atoms with Crippen LogP contribution in [0.3, 0.4) is 0 Å². The second kappa shape index (κ2) is 7.35. The number of carbonyl (C=O) groups excluding carboxylic acids is 1. The van der Waals surface area contributed by atoms with Crippen molar-refractivity contribution in [2.75, 3.05) is 27.2 Å². The molecule has 0 radical (unpaired) electrons. The SMILES string of the molecule is CC(C)c1cc(C(=O)N(C)C[C@@H]2CCN(C)[C@H]2c2cccnc2)no1. The van der Waals surface area contributed by atoms with Gasteiger partial charge in [-0.2, -0.15) is 0 Å². The molecule has 2 atom stereocenters. The Bertz CT molecular complexity index is 713. The quantitative estimate of drug-likeness (QED) is 0.836. The number of carbonyl (C=O) groups is 1. The van der Waals surface area contributed by atoms with Crippen LogP contribution in [0.1, 0.15) is 54.0 Å². The Kier molecular flexibility index (Phi) is 5.18. The zero-order valence-corrected chi connectivity index (χ0v) is 15.3. The minimum Gasteiger partial charge on any atom is -0.360 e. The summed E-state index contributed by atoms with van der Waals surface area (Å²) in [5, 5.41) is 3.94. The van der Waals surface area contributed by atoms with Crippen LogP contribution in [-0.4, -0.2) is 53.0 Å². The van der Waals surface area contributed by atoms with Gasteiger partial charge in [-0.05, 0) is 37.6 Å². The van der Waals surface area contributed by atoms with E-state index in [2.05, 4.69) is 28.2 Å². The van der Waals surface area contributed by atoms with Gasteiger partial charge in [-0.15, -0.1) is 0 Å². The maximum atomic E-state index is 12.7. The molecule has 1 fully saturated rings. The fraction of sp³-hybridized carbons (Fsp3) is 0.526. The Morgan fingerprint density at radius 2 is 2.28 bits per heavy atom. The van der Waals surface area contributed by atoms with Crippen molar-refractivity contribution in [3.8, 4) is 0 Å². The summed E-state index contributed by atoms with van der Waals surface area (Å²) in [5.41, 5.74) is 1.59. The Morgan fingerprint density at radius 3 is 2.92 bits per heavy atom. The van der Waals surface area contributed by atoms with Crippen molar-refractivity contribution in [3.63, 3.8) is 0 Å². The Hall–Kier alpha value is -2.21. The molecule has 6 nitrogen and oxygen atoms in total. The highest BCUT2D eigenvalue weighted by Gasteiger charge is 2.34. The van der Waals surface area contributed by atoms with E-state index >= 15 is 0 Å². The first-order chi connectivity index (χ1) is 12.0. The van der Waals surface area contributed by atoms with Crippen molar-refractivity contribution in [2.24, 2.45) is 5.92 Å². The van der Waals surface area contributed by atoms with Gasteiger partial charge in [-0.3, -0.25) is 14.7 Å². The van der Waals surface area contributed by atoms with Crippen molar-refractivity contribution >= 4 is 5.91 Å². The molecule has 0 saturated carbocycles. The molecular weight excluding hydrogens is 316 g/mol. The monoisotopic (exact) mass is 342 g/mol. The van der Waals surface area contributed by atoms with Crippen LogP contribution in [-0.2, 0) is 0 Å². The summed E-state index contributed by atoms with van der Waals surface area (Å²) in [5.74, 6) is 1.25. The standard InChI is InChI=1S/C19H26N4O2/c1-13(2)17-10-16(21-25-17)19(24)23(4)12-15-7-9-22(3)18(15)14-6-5-8-20-11-14/h5-6,8,10-11,13,15,18H,7,9,12H2,1-4H3/t15-,18-/m0/s1. The fourth-order valence-electron chi connectivity index (χ4n) is 3.59. The molecule has 0 aliphatic carbocycles. The minimum absolute atomic E-state index is 0.0878. The van der Waals surface area contributed by atoms with Crippen LogP contribution in [0.4, 0.5) is 0 Å². The highest BCUT2D eigenvalue weighted by molar-refractivity contribution is 5.92. The molecule has 3 heterocycles. The third-order valence-corrected chi connectivity index (χ3v) is 4.97. The van der Waals surface area contributed by atoms with Crippen molar-refractivity contribution < 1.29 is 9.32 Å². The predicted molar refractivity (Wildman–Crippen MR) is 95.3 cm³/mol. The predicted octanol–water partition coefficient (Wildman–Crippen LogP) is 2.96. The van der Waals surface area contributed by atoms with Gasteiger partial charge >= 0.3 is 0 Å². The van der Waals surface area contributed by atoms with Crippen molar-refractivity contribution in [1.82, 2.24) is 19.9 Å². The van der Waals surface area contributed by atoms with Gasteiger partial charge in [0.15, 0.2) is 5.69 Å². The van der Waals surface area contributed by atoms with Crippen LogP contribution in [0, 0.1) is 5.92 Å². The first-order valence-electron chi connectivity index (χ1n) is 8.79. The van der Waals surface area contributed by atoms with Gasteiger partial charge in [0.1, 0.15) is 5.76 Å². The second-order valence-corrected chi connectivity index (χ2v) is 7.22. The molecule has 2 aromatic heterocycles. The van der Waals surface area contributed by atoms with E-state index in [9.17, 15) is 4.79 Å². The van der Waals surface area contributed by atoms with E-state index in [4.69, 9.17) is 4.52 Å². The van der Waals surface area contributed by atoms with Crippen LogP contribution in [0.5, 0.6) is 0 Å². The number of rotatable bonds is 5. The largest absolute Gasteiger partial charge is 0.360 e. The molecule has 134 valence electrons. The fourth-order valence-corrected chi connectivity index (χ4v) is 3.59. The Labute approximate surface area is 148 Å². The average molecular weight is 342 g/mol. The van der Waals surface area contributed by atoms with E-state index in [1.54, 1.807) is 17.2 Å². The highest BCUT2D eigenvalue weighted by atomic mass is 16.5. The zero-order valence-electron chi connectivity index (χ0n) is 15.3.